The van der Waals surface area contributed by atoms with Crippen LogP contribution in [0.2, 0.25) is 0 Å². The van der Waals surface area contributed by atoms with Crippen molar-refractivity contribution in [2.75, 3.05) is 6.61 Å². The van der Waals surface area contributed by atoms with E-state index in [0.717, 1.165) is 5.52 Å². The molecule has 0 fully saturated rings. The maximum Gasteiger partial charge on any atom is 0.318 e. The number of fused-ring (bicyclic) bond motifs is 2. The molecular weight excluding hydrogens is 436 g/mol. The van der Waals surface area contributed by atoms with Gasteiger partial charge in [-0.15, -0.1) is 0 Å². The topological polar surface area (TPSA) is 137 Å². The summed E-state index contributed by atoms with van der Waals surface area (Å²) in [6.07, 6.45) is 4.87. The number of benzene rings is 1. The number of imidazole rings is 2. The molecule has 0 unspecified atom stereocenters. The van der Waals surface area contributed by atoms with Crippen LogP contribution in [-0.2, 0) is 19.2 Å². The van der Waals surface area contributed by atoms with Crippen molar-refractivity contribution in [2.45, 2.75) is 32.9 Å². The smallest absolute Gasteiger partial charge is 0.318 e. The number of aromatic amines is 1. The molecule has 2 N–H and O–H groups in total. The van der Waals surface area contributed by atoms with Gasteiger partial charge in [0, 0.05) is 25.0 Å². The van der Waals surface area contributed by atoms with Gasteiger partial charge >= 0.3 is 6.01 Å². The maximum absolute atomic E-state index is 13.7. The SMILES string of the molecule is CCOc1ncc2nc(-c3ccc4nc(C(C)(C)O)n(C)c4c3)c(=O)n(Cc3ncc[nH]3)c2n1. The van der Waals surface area contributed by atoms with Crippen LogP contribution in [0.15, 0.2) is 41.6 Å². The summed E-state index contributed by atoms with van der Waals surface area (Å²) in [7, 11) is 1.83. The van der Waals surface area contributed by atoms with Gasteiger partial charge in [0.1, 0.15) is 28.5 Å². The van der Waals surface area contributed by atoms with E-state index in [1.165, 1.54) is 4.57 Å². The Balaban J connectivity index is 1.73. The molecule has 0 spiro atoms. The summed E-state index contributed by atoms with van der Waals surface area (Å²) in [5.74, 6) is 1.13. The average Bonchev–Trinajstić information content (AvgIpc) is 3.43. The number of nitrogens with zero attached hydrogens (tertiary/aromatic N) is 7. The van der Waals surface area contributed by atoms with E-state index in [1.54, 1.807) is 38.5 Å². The summed E-state index contributed by atoms with van der Waals surface area (Å²) in [6, 6.07) is 5.63. The third-order valence-electron chi connectivity index (χ3n) is 5.50. The molecular formula is C23H24N8O3. The highest BCUT2D eigenvalue weighted by molar-refractivity contribution is 5.83. The molecule has 0 atom stereocenters. The largest absolute Gasteiger partial charge is 0.464 e. The number of aromatic nitrogens is 8. The zero-order chi connectivity index (χ0) is 24.0. The lowest BCUT2D eigenvalue weighted by atomic mass is 10.1. The normalized spacial score (nSPS) is 12.0. The van der Waals surface area contributed by atoms with Gasteiger partial charge in [-0.05, 0) is 32.9 Å². The molecule has 0 aliphatic carbocycles. The molecule has 0 amide bonds. The summed E-state index contributed by atoms with van der Waals surface area (Å²) in [5, 5.41) is 10.5. The Morgan fingerprint density at radius 2 is 1.97 bits per heavy atom. The van der Waals surface area contributed by atoms with Crippen LogP contribution in [0.25, 0.3) is 33.5 Å². The lowest BCUT2D eigenvalue weighted by Gasteiger charge is -2.16. The number of hydrogen-bond donors (Lipinski definition) is 2. The summed E-state index contributed by atoms with van der Waals surface area (Å²) in [5.41, 5.74) is 1.73. The number of H-pyrrole nitrogens is 1. The minimum absolute atomic E-state index is 0.174. The van der Waals surface area contributed by atoms with Crippen LogP contribution < -0.4 is 10.3 Å². The molecule has 174 valence electrons. The van der Waals surface area contributed by atoms with E-state index in [2.05, 4.69) is 29.9 Å². The molecule has 0 saturated carbocycles. The molecule has 34 heavy (non-hydrogen) atoms. The van der Waals surface area contributed by atoms with E-state index in [1.807, 2.05) is 30.7 Å². The fourth-order valence-corrected chi connectivity index (χ4v) is 3.97. The number of nitrogens with one attached hydrogen (secondary N) is 1. The van der Waals surface area contributed by atoms with E-state index >= 15 is 0 Å². The molecule has 0 saturated heterocycles. The van der Waals surface area contributed by atoms with Gasteiger partial charge in [0.2, 0.25) is 0 Å². The highest BCUT2D eigenvalue weighted by Gasteiger charge is 2.24. The van der Waals surface area contributed by atoms with Crippen molar-refractivity contribution in [1.82, 2.24) is 39.0 Å². The standard InChI is InChI=1S/C23H24N8O3/c1-5-34-22-26-11-15-19(29-22)31(12-17-24-8-9-25-17)20(32)18(27-15)13-6-7-14-16(10-13)30(4)21(28-14)23(2,3)33/h6-11,33H,5,12H2,1-4H3,(H,24,25). The van der Waals surface area contributed by atoms with Crippen molar-refractivity contribution < 1.29 is 9.84 Å². The lowest BCUT2D eigenvalue weighted by Crippen LogP contribution is -2.25. The molecule has 1 aromatic carbocycles. The van der Waals surface area contributed by atoms with Gasteiger partial charge < -0.3 is 19.4 Å². The molecule has 0 radical (unpaired) electrons. The molecule has 0 aliphatic rings. The molecule has 5 rings (SSSR count). The van der Waals surface area contributed by atoms with Crippen LogP contribution >= 0.6 is 0 Å². The summed E-state index contributed by atoms with van der Waals surface area (Å²) >= 11 is 0. The average molecular weight is 460 g/mol. The van der Waals surface area contributed by atoms with Crippen molar-refractivity contribution in [1.29, 1.82) is 0 Å². The van der Waals surface area contributed by atoms with Crippen molar-refractivity contribution in [2.24, 2.45) is 7.05 Å². The van der Waals surface area contributed by atoms with Gasteiger partial charge in [0.15, 0.2) is 5.65 Å². The zero-order valence-electron chi connectivity index (χ0n) is 19.3. The second kappa shape index (κ2) is 8.03. The van der Waals surface area contributed by atoms with E-state index in [0.29, 0.717) is 40.5 Å². The first-order valence-electron chi connectivity index (χ1n) is 10.8. The maximum atomic E-state index is 13.7. The fraction of sp³-hybridized carbons (Fsp3) is 0.304. The van der Waals surface area contributed by atoms with Crippen LogP contribution in [0.1, 0.15) is 32.4 Å². The van der Waals surface area contributed by atoms with E-state index < -0.39 is 5.60 Å². The van der Waals surface area contributed by atoms with Gasteiger partial charge in [0.05, 0.1) is 30.4 Å². The number of aryl methyl sites for hydroxylation is 1. The molecule has 5 aromatic rings. The second-order valence-corrected chi connectivity index (χ2v) is 8.44. The summed E-state index contributed by atoms with van der Waals surface area (Å²) < 4.78 is 8.76. The number of ether oxygens (including phenoxy) is 1. The number of rotatable bonds is 6. The molecule has 0 bridgehead atoms. The Kier molecular flexibility index (Phi) is 5.13. The Bertz CT molecular complexity index is 1560. The quantitative estimate of drug-likeness (QED) is 0.393. The number of hydrogen-bond acceptors (Lipinski definition) is 8. The van der Waals surface area contributed by atoms with E-state index in [9.17, 15) is 9.90 Å². The monoisotopic (exact) mass is 460 g/mol. The second-order valence-electron chi connectivity index (χ2n) is 8.44. The third-order valence-corrected chi connectivity index (χ3v) is 5.50. The van der Waals surface area contributed by atoms with Crippen molar-refractivity contribution in [3.63, 3.8) is 0 Å². The van der Waals surface area contributed by atoms with Crippen molar-refractivity contribution in [3.05, 3.63) is 58.8 Å². The van der Waals surface area contributed by atoms with Crippen LogP contribution in [-0.4, -0.2) is 50.8 Å². The Hall–Kier alpha value is -4.12. The predicted molar refractivity (Wildman–Crippen MR) is 125 cm³/mol. The highest BCUT2D eigenvalue weighted by atomic mass is 16.5. The Labute approximate surface area is 194 Å². The molecule has 11 heteroatoms. The minimum Gasteiger partial charge on any atom is -0.464 e. The van der Waals surface area contributed by atoms with Gasteiger partial charge in [-0.2, -0.15) is 4.98 Å². The summed E-state index contributed by atoms with van der Waals surface area (Å²) in [4.78, 5) is 38.7. The first-order valence-corrected chi connectivity index (χ1v) is 10.8. The van der Waals surface area contributed by atoms with Gasteiger partial charge in [0.25, 0.3) is 5.56 Å². The van der Waals surface area contributed by atoms with Crippen molar-refractivity contribution in [3.8, 4) is 17.3 Å². The highest BCUT2D eigenvalue weighted by Crippen LogP contribution is 2.27. The van der Waals surface area contributed by atoms with E-state index in [4.69, 9.17) is 4.74 Å². The van der Waals surface area contributed by atoms with Crippen LogP contribution in [0.5, 0.6) is 6.01 Å². The zero-order valence-corrected chi connectivity index (χ0v) is 19.3. The number of aliphatic hydroxyl groups is 1. The summed E-state index contributed by atoms with van der Waals surface area (Å²) in [6.45, 7) is 5.78. The Morgan fingerprint density at radius 3 is 2.68 bits per heavy atom. The molecule has 11 nitrogen and oxygen atoms in total. The van der Waals surface area contributed by atoms with Crippen molar-refractivity contribution >= 4 is 22.2 Å². The first-order chi connectivity index (χ1) is 16.3. The first kappa shape index (κ1) is 21.7. The van der Waals surface area contributed by atoms with Gasteiger partial charge in [-0.3, -0.25) is 9.36 Å². The predicted octanol–water partition coefficient (Wildman–Crippen LogP) is 2.14. The van der Waals surface area contributed by atoms with Crippen LogP contribution in [0, 0.1) is 0 Å². The van der Waals surface area contributed by atoms with Crippen LogP contribution in [0.4, 0.5) is 0 Å². The Morgan fingerprint density at radius 1 is 1.15 bits per heavy atom. The molecule has 0 aliphatic heterocycles. The van der Waals surface area contributed by atoms with Gasteiger partial charge in [-0.25, -0.2) is 19.9 Å². The molecule has 4 heterocycles. The fourth-order valence-electron chi connectivity index (χ4n) is 3.97. The van der Waals surface area contributed by atoms with Crippen LogP contribution in [0.3, 0.4) is 0 Å². The lowest BCUT2D eigenvalue weighted by molar-refractivity contribution is 0.0663. The van der Waals surface area contributed by atoms with E-state index in [-0.39, 0.29) is 23.8 Å². The minimum atomic E-state index is -1.11. The van der Waals surface area contributed by atoms with Gasteiger partial charge in [-0.1, -0.05) is 6.07 Å². The third kappa shape index (κ3) is 3.69. The molecule has 4 aromatic heterocycles.